The number of alkyl halides is 1. The molecule has 19 heavy (non-hydrogen) atoms. The van der Waals surface area contributed by atoms with Crippen LogP contribution in [0.3, 0.4) is 0 Å². The van der Waals surface area contributed by atoms with E-state index in [0.29, 0.717) is 18.8 Å². The molecule has 0 N–H and O–H groups in total. The summed E-state index contributed by atoms with van der Waals surface area (Å²) < 4.78 is 10.1. The van der Waals surface area contributed by atoms with Crippen LogP contribution in [0.15, 0.2) is 36.6 Å². The van der Waals surface area contributed by atoms with Gasteiger partial charge in [0.15, 0.2) is 0 Å². The maximum Gasteiger partial charge on any atom is 0.242 e. The van der Waals surface area contributed by atoms with Crippen LogP contribution in [-0.2, 0) is 14.3 Å². The van der Waals surface area contributed by atoms with Crippen LogP contribution in [-0.4, -0.2) is 44.1 Å². The third kappa shape index (κ3) is 4.58. The molecule has 1 aromatic carbocycles. The lowest BCUT2D eigenvalue weighted by molar-refractivity contribution is -0.125. The van der Waals surface area contributed by atoms with E-state index in [4.69, 9.17) is 21.1 Å². The number of carbonyl (C=O) groups is 1. The van der Waals surface area contributed by atoms with E-state index in [1.807, 2.05) is 30.3 Å². The molecule has 0 aromatic heterocycles. The second-order valence-electron chi connectivity index (χ2n) is 3.78. The standard InChI is InChI=1S/C14H18ClNO3/c1-18-9-8-16(14(17)10-15)13(11-19-2)12-6-4-3-5-7-12/h3-7,11H,8-10H2,1-2H3/b13-11+. The zero-order valence-electron chi connectivity index (χ0n) is 11.1. The minimum atomic E-state index is -0.189. The van der Waals surface area contributed by atoms with Gasteiger partial charge in [0.1, 0.15) is 12.1 Å². The van der Waals surface area contributed by atoms with E-state index in [0.717, 1.165) is 5.56 Å². The van der Waals surface area contributed by atoms with Gasteiger partial charge in [-0.25, -0.2) is 0 Å². The molecule has 0 bridgehead atoms. The summed E-state index contributed by atoms with van der Waals surface area (Å²) in [6.07, 6.45) is 1.54. The maximum atomic E-state index is 11.9. The summed E-state index contributed by atoms with van der Waals surface area (Å²) in [6.45, 7) is 0.850. The molecule has 0 unspecified atom stereocenters. The van der Waals surface area contributed by atoms with Gasteiger partial charge >= 0.3 is 0 Å². The Labute approximate surface area is 118 Å². The lowest BCUT2D eigenvalue weighted by Crippen LogP contribution is -2.33. The van der Waals surface area contributed by atoms with Gasteiger partial charge in [-0.1, -0.05) is 30.3 Å². The smallest absolute Gasteiger partial charge is 0.242 e. The van der Waals surface area contributed by atoms with Crippen molar-refractivity contribution in [3.63, 3.8) is 0 Å². The molecule has 0 fully saturated rings. The number of hydrogen-bond donors (Lipinski definition) is 0. The van der Waals surface area contributed by atoms with Crippen LogP contribution in [0.2, 0.25) is 0 Å². The van der Waals surface area contributed by atoms with Gasteiger partial charge in [-0.3, -0.25) is 4.79 Å². The fraction of sp³-hybridized carbons (Fsp3) is 0.357. The summed E-state index contributed by atoms with van der Waals surface area (Å²) >= 11 is 5.66. The molecule has 1 rings (SSSR count). The predicted molar refractivity (Wildman–Crippen MR) is 75.7 cm³/mol. The highest BCUT2D eigenvalue weighted by molar-refractivity contribution is 6.27. The third-order valence-electron chi connectivity index (χ3n) is 2.52. The molecule has 0 radical (unpaired) electrons. The Bertz CT molecular complexity index is 420. The van der Waals surface area contributed by atoms with E-state index in [1.54, 1.807) is 19.1 Å². The number of carbonyl (C=O) groups excluding carboxylic acids is 1. The molecule has 0 aliphatic heterocycles. The second-order valence-corrected chi connectivity index (χ2v) is 4.04. The lowest BCUT2D eigenvalue weighted by Gasteiger charge is -2.24. The van der Waals surface area contributed by atoms with Crippen LogP contribution in [0.5, 0.6) is 0 Å². The van der Waals surface area contributed by atoms with Crippen molar-refractivity contribution in [1.82, 2.24) is 4.90 Å². The zero-order valence-corrected chi connectivity index (χ0v) is 11.9. The minimum Gasteiger partial charge on any atom is -0.502 e. The number of rotatable bonds is 7. The Kier molecular flexibility index (Phi) is 7.00. The number of benzene rings is 1. The number of amides is 1. The van der Waals surface area contributed by atoms with Crippen molar-refractivity contribution in [3.05, 3.63) is 42.2 Å². The van der Waals surface area contributed by atoms with Crippen LogP contribution in [0.1, 0.15) is 5.56 Å². The van der Waals surface area contributed by atoms with Gasteiger partial charge in [0, 0.05) is 19.2 Å². The van der Waals surface area contributed by atoms with E-state index < -0.39 is 0 Å². The number of hydrogen-bond acceptors (Lipinski definition) is 3. The van der Waals surface area contributed by atoms with E-state index in [-0.39, 0.29) is 11.8 Å². The first-order valence-electron chi connectivity index (χ1n) is 5.88. The number of ether oxygens (including phenoxy) is 2. The number of methoxy groups -OCH3 is 2. The van der Waals surface area contributed by atoms with Crippen LogP contribution in [0, 0.1) is 0 Å². The van der Waals surface area contributed by atoms with Gasteiger partial charge in [0.25, 0.3) is 0 Å². The van der Waals surface area contributed by atoms with Gasteiger partial charge in [-0.15, -0.1) is 11.6 Å². The van der Waals surface area contributed by atoms with Crippen molar-refractivity contribution < 1.29 is 14.3 Å². The SMILES string of the molecule is CO/C=C(\c1ccccc1)N(CCOC)C(=O)CCl. The molecule has 0 spiro atoms. The van der Waals surface area contributed by atoms with Gasteiger partial charge in [0.2, 0.25) is 5.91 Å². The molecule has 104 valence electrons. The molecule has 1 aromatic rings. The molecule has 0 aliphatic carbocycles. The predicted octanol–water partition coefficient (Wildman–Crippen LogP) is 2.35. The Morgan fingerprint density at radius 2 is 2.00 bits per heavy atom. The van der Waals surface area contributed by atoms with Crippen molar-refractivity contribution in [3.8, 4) is 0 Å². The largest absolute Gasteiger partial charge is 0.502 e. The molecule has 1 amide bonds. The lowest BCUT2D eigenvalue weighted by atomic mass is 10.1. The van der Waals surface area contributed by atoms with Crippen molar-refractivity contribution >= 4 is 23.2 Å². The summed E-state index contributed by atoms with van der Waals surface area (Å²) in [5, 5.41) is 0. The first kappa shape index (κ1) is 15.5. The molecular formula is C14H18ClNO3. The Hall–Kier alpha value is -1.52. The zero-order chi connectivity index (χ0) is 14.1. The van der Waals surface area contributed by atoms with Gasteiger partial charge < -0.3 is 14.4 Å². The maximum absolute atomic E-state index is 11.9. The van der Waals surface area contributed by atoms with Crippen LogP contribution >= 0.6 is 11.6 Å². The second kappa shape index (κ2) is 8.56. The minimum absolute atomic E-state index is 0.0857. The van der Waals surface area contributed by atoms with Crippen molar-refractivity contribution in [2.75, 3.05) is 33.3 Å². The normalized spacial score (nSPS) is 11.2. The van der Waals surface area contributed by atoms with Gasteiger partial charge in [0.05, 0.1) is 19.4 Å². The fourth-order valence-electron chi connectivity index (χ4n) is 1.64. The molecule has 0 atom stereocenters. The Morgan fingerprint density at radius 3 is 2.53 bits per heavy atom. The highest BCUT2D eigenvalue weighted by atomic mass is 35.5. The molecule has 0 saturated carbocycles. The molecule has 4 nitrogen and oxygen atoms in total. The number of halogens is 1. The Morgan fingerprint density at radius 1 is 1.32 bits per heavy atom. The highest BCUT2D eigenvalue weighted by Crippen LogP contribution is 2.19. The van der Waals surface area contributed by atoms with E-state index >= 15 is 0 Å². The molecule has 0 heterocycles. The average molecular weight is 284 g/mol. The summed E-state index contributed by atoms with van der Waals surface area (Å²) in [4.78, 5) is 13.5. The van der Waals surface area contributed by atoms with E-state index in [1.165, 1.54) is 6.26 Å². The quantitative estimate of drug-likeness (QED) is 0.569. The summed E-state index contributed by atoms with van der Waals surface area (Å²) in [5.74, 6) is -0.275. The first-order valence-corrected chi connectivity index (χ1v) is 6.41. The monoisotopic (exact) mass is 283 g/mol. The van der Waals surface area contributed by atoms with Crippen molar-refractivity contribution in [1.29, 1.82) is 0 Å². The van der Waals surface area contributed by atoms with Crippen molar-refractivity contribution in [2.24, 2.45) is 0 Å². The molecule has 0 saturated heterocycles. The third-order valence-corrected chi connectivity index (χ3v) is 2.75. The van der Waals surface area contributed by atoms with E-state index in [2.05, 4.69) is 0 Å². The topological polar surface area (TPSA) is 38.8 Å². The molecular weight excluding hydrogens is 266 g/mol. The van der Waals surface area contributed by atoms with Crippen LogP contribution in [0.4, 0.5) is 0 Å². The summed E-state index contributed by atoms with van der Waals surface area (Å²) in [6, 6.07) is 9.53. The summed E-state index contributed by atoms with van der Waals surface area (Å²) in [7, 11) is 3.13. The van der Waals surface area contributed by atoms with Gasteiger partial charge in [-0.2, -0.15) is 0 Å². The van der Waals surface area contributed by atoms with Gasteiger partial charge in [-0.05, 0) is 0 Å². The fourth-order valence-corrected chi connectivity index (χ4v) is 1.79. The van der Waals surface area contributed by atoms with E-state index in [9.17, 15) is 4.79 Å². The Balaban J connectivity index is 3.05. The molecule has 5 heteroatoms. The first-order chi connectivity index (χ1) is 9.24. The molecule has 0 aliphatic rings. The highest BCUT2D eigenvalue weighted by Gasteiger charge is 2.18. The average Bonchev–Trinajstić information content (AvgIpc) is 2.47. The number of nitrogens with zero attached hydrogens (tertiary/aromatic N) is 1. The van der Waals surface area contributed by atoms with Crippen molar-refractivity contribution in [2.45, 2.75) is 0 Å². The summed E-state index contributed by atoms with van der Waals surface area (Å²) in [5.41, 5.74) is 1.56. The van der Waals surface area contributed by atoms with Crippen LogP contribution in [0.25, 0.3) is 5.70 Å². The van der Waals surface area contributed by atoms with Crippen LogP contribution < -0.4 is 0 Å².